The van der Waals surface area contributed by atoms with E-state index in [0.717, 1.165) is 0 Å². The molecule has 0 aliphatic heterocycles. The van der Waals surface area contributed by atoms with Gasteiger partial charge in [-0.15, -0.1) is 0 Å². The second-order valence-electron chi connectivity index (χ2n) is 6.68. The van der Waals surface area contributed by atoms with E-state index in [4.69, 9.17) is 0 Å². The summed E-state index contributed by atoms with van der Waals surface area (Å²) in [5, 5.41) is 9.52. The van der Waals surface area contributed by atoms with Crippen LogP contribution in [0.5, 0.6) is 0 Å². The lowest BCUT2D eigenvalue weighted by Gasteiger charge is -2.22. The Balaban J connectivity index is 2.27. The molecule has 0 bridgehead atoms. The summed E-state index contributed by atoms with van der Waals surface area (Å²) >= 11 is 0. The van der Waals surface area contributed by atoms with Crippen LogP contribution in [0.25, 0.3) is 0 Å². The van der Waals surface area contributed by atoms with Gasteiger partial charge in [0.25, 0.3) is 0 Å². The molecule has 2 rings (SSSR count). The van der Waals surface area contributed by atoms with Gasteiger partial charge in [0, 0.05) is 17.4 Å². The SMILES string of the molecule is CC(C)C(=O)c1ccc(S(=O)(=O)NC(C(=O)O)C(C)c2ccccc2)cc1. The van der Waals surface area contributed by atoms with Gasteiger partial charge in [0.1, 0.15) is 6.04 Å². The Morgan fingerprint density at radius 2 is 1.48 bits per heavy atom. The van der Waals surface area contributed by atoms with Crippen molar-refractivity contribution in [2.75, 3.05) is 0 Å². The zero-order valence-corrected chi connectivity index (χ0v) is 16.2. The summed E-state index contributed by atoms with van der Waals surface area (Å²) in [6, 6.07) is 13.0. The highest BCUT2D eigenvalue weighted by Crippen LogP contribution is 2.22. The number of carbonyl (C=O) groups is 2. The summed E-state index contributed by atoms with van der Waals surface area (Å²) in [7, 11) is -4.06. The van der Waals surface area contributed by atoms with Gasteiger partial charge in [-0.3, -0.25) is 9.59 Å². The fourth-order valence-corrected chi connectivity index (χ4v) is 3.95. The van der Waals surface area contributed by atoms with Crippen molar-refractivity contribution in [1.29, 1.82) is 0 Å². The van der Waals surface area contributed by atoms with Gasteiger partial charge in [0.05, 0.1) is 4.90 Å². The molecule has 2 atom stereocenters. The van der Waals surface area contributed by atoms with Crippen LogP contribution in [-0.4, -0.2) is 31.3 Å². The van der Waals surface area contributed by atoms with E-state index in [-0.39, 0.29) is 16.6 Å². The molecule has 0 saturated carbocycles. The number of hydrogen-bond donors (Lipinski definition) is 2. The third-order valence-corrected chi connectivity index (χ3v) is 5.80. The molecule has 2 unspecified atom stereocenters. The molecule has 0 saturated heterocycles. The highest BCUT2D eigenvalue weighted by atomic mass is 32.2. The molecule has 0 heterocycles. The maximum absolute atomic E-state index is 12.6. The molecular formula is C20H23NO5S. The van der Waals surface area contributed by atoms with Crippen molar-refractivity contribution in [3.63, 3.8) is 0 Å². The summed E-state index contributed by atoms with van der Waals surface area (Å²) in [4.78, 5) is 23.6. The molecule has 144 valence electrons. The first-order valence-electron chi connectivity index (χ1n) is 8.58. The zero-order chi connectivity index (χ0) is 20.2. The molecule has 0 radical (unpaired) electrons. The number of carbonyl (C=O) groups excluding carboxylic acids is 1. The summed E-state index contributed by atoms with van der Waals surface area (Å²) in [6.45, 7) is 5.18. The van der Waals surface area contributed by atoms with Gasteiger partial charge in [0.15, 0.2) is 5.78 Å². The first kappa shape index (κ1) is 20.8. The van der Waals surface area contributed by atoms with E-state index < -0.39 is 28.0 Å². The maximum Gasteiger partial charge on any atom is 0.322 e. The molecule has 7 heteroatoms. The number of carboxylic acids is 1. The maximum atomic E-state index is 12.6. The van der Waals surface area contributed by atoms with E-state index >= 15 is 0 Å². The number of ketones is 1. The molecule has 0 amide bonds. The molecule has 0 fully saturated rings. The van der Waals surface area contributed by atoms with Crippen LogP contribution in [0.15, 0.2) is 59.5 Å². The minimum atomic E-state index is -4.06. The van der Waals surface area contributed by atoms with E-state index in [0.29, 0.717) is 11.1 Å². The highest BCUT2D eigenvalue weighted by molar-refractivity contribution is 7.89. The molecular weight excluding hydrogens is 366 g/mol. The van der Waals surface area contributed by atoms with Gasteiger partial charge < -0.3 is 5.11 Å². The smallest absolute Gasteiger partial charge is 0.322 e. The van der Waals surface area contributed by atoms with Crippen molar-refractivity contribution >= 4 is 21.8 Å². The fourth-order valence-electron chi connectivity index (χ4n) is 2.68. The minimum Gasteiger partial charge on any atom is -0.480 e. The molecule has 6 nitrogen and oxygen atoms in total. The fraction of sp³-hybridized carbons (Fsp3) is 0.300. The Labute approximate surface area is 159 Å². The molecule has 2 aromatic carbocycles. The number of Topliss-reactive ketones (excluding diaryl/α,β-unsaturated/α-hetero) is 1. The number of hydrogen-bond acceptors (Lipinski definition) is 4. The Morgan fingerprint density at radius 1 is 0.926 bits per heavy atom. The number of sulfonamides is 1. The van der Waals surface area contributed by atoms with Crippen molar-refractivity contribution in [3.05, 3.63) is 65.7 Å². The van der Waals surface area contributed by atoms with Gasteiger partial charge >= 0.3 is 5.97 Å². The lowest BCUT2D eigenvalue weighted by atomic mass is 9.94. The van der Waals surface area contributed by atoms with Crippen molar-refractivity contribution in [1.82, 2.24) is 4.72 Å². The van der Waals surface area contributed by atoms with E-state index in [1.54, 1.807) is 51.1 Å². The van der Waals surface area contributed by atoms with Gasteiger partial charge in [-0.2, -0.15) is 4.72 Å². The van der Waals surface area contributed by atoms with E-state index in [9.17, 15) is 23.1 Å². The van der Waals surface area contributed by atoms with Crippen LogP contribution in [-0.2, 0) is 14.8 Å². The third kappa shape index (κ3) is 5.02. The molecule has 0 aliphatic rings. The largest absolute Gasteiger partial charge is 0.480 e. The van der Waals surface area contributed by atoms with Gasteiger partial charge in [-0.05, 0) is 17.7 Å². The zero-order valence-electron chi connectivity index (χ0n) is 15.4. The summed E-state index contributed by atoms with van der Waals surface area (Å²) in [5.74, 6) is -2.12. The average molecular weight is 389 g/mol. The molecule has 0 aliphatic carbocycles. The standard InChI is InChI=1S/C20H23NO5S/c1-13(2)19(22)16-9-11-17(12-10-16)27(25,26)21-18(20(23)24)14(3)15-7-5-4-6-8-15/h4-14,18,21H,1-3H3,(H,23,24). The van der Waals surface area contributed by atoms with E-state index in [1.807, 2.05) is 0 Å². The predicted molar refractivity (Wildman–Crippen MR) is 102 cm³/mol. The van der Waals surface area contributed by atoms with Crippen molar-refractivity contribution in [3.8, 4) is 0 Å². The number of benzene rings is 2. The van der Waals surface area contributed by atoms with E-state index in [1.165, 1.54) is 24.3 Å². The lowest BCUT2D eigenvalue weighted by molar-refractivity contribution is -0.139. The monoisotopic (exact) mass is 389 g/mol. The van der Waals surface area contributed by atoms with Crippen LogP contribution in [0.2, 0.25) is 0 Å². The number of rotatable bonds is 8. The number of nitrogens with one attached hydrogen (secondary N) is 1. The summed E-state index contributed by atoms with van der Waals surface area (Å²) < 4.78 is 27.5. The van der Waals surface area contributed by atoms with Crippen molar-refractivity contribution in [2.45, 2.75) is 37.6 Å². The number of carboxylic acid groups (broad SMARTS) is 1. The van der Waals surface area contributed by atoms with Crippen LogP contribution in [0, 0.1) is 5.92 Å². The van der Waals surface area contributed by atoms with Gasteiger partial charge in [-0.25, -0.2) is 8.42 Å². The van der Waals surface area contributed by atoms with E-state index in [2.05, 4.69) is 4.72 Å². The average Bonchev–Trinajstić information content (AvgIpc) is 2.65. The van der Waals surface area contributed by atoms with Crippen LogP contribution in [0.1, 0.15) is 42.6 Å². The molecule has 27 heavy (non-hydrogen) atoms. The van der Waals surface area contributed by atoms with Crippen molar-refractivity contribution < 1.29 is 23.1 Å². The second-order valence-corrected chi connectivity index (χ2v) is 8.39. The second kappa shape index (κ2) is 8.45. The summed E-state index contributed by atoms with van der Waals surface area (Å²) in [6.07, 6.45) is 0. The topological polar surface area (TPSA) is 101 Å². The van der Waals surface area contributed by atoms with Gasteiger partial charge in [-0.1, -0.05) is 63.2 Å². The molecule has 2 N–H and O–H groups in total. The quantitative estimate of drug-likeness (QED) is 0.676. The highest BCUT2D eigenvalue weighted by Gasteiger charge is 2.31. The molecule has 0 aromatic heterocycles. The molecule has 0 spiro atoms. The van der Waals surface area contributed by atoms with Crippen LogP contribution in [0.3, 0.4) is 0 Å². The van der Waals surface area contributed by atoms with Crippen LogP contribution >= 0.6 is 0 Å². The first-order valence-corrected chi connectivity index (χ1v) is 10.1. The Morgan fingerprint density at radius 3 is 1.96 bits per heavy atom. The summed E-state index contributed by atoms with van der Waals surface area (Å²) in [5.41, 5.74) is 1.13. The Kier molecular flexibility index (Phi) is 6.51. The lowest BCUT2D eigenvalue weighted by Crippen LogP contribution is -2.44. The Bertz CT molecular complexity index is 905. The van der Waals surface area contributed by atoms with Gasteiger partial charge in [0.2, 0.25) is 10.0 Å². The molecule has 2 aromatic rings. The van der Waals surface area contributed by atoms with Crippen molar-refractivity contribution in [2.24, 2.45) is 5.92 Å². The minimum absolute atomic E-state index is 0.0886. The third-order valence-electron chi connectivity index (χ3n) is 4.35. The van der Waals surface area contributed by atoms with Crippen LogP contribution in [0.4, 0.5) is 0 Å². The normalized spacial score (nSPS) is 13.9. The first-order chi connectivity index (χ1) is 12.6. The predicted octanol–water partition coefficient (Wildman–Crippen LogP) is 3.06. The number of aliphatic carboxylic acids is 1. The Hall–Kier alpha value is -2.51. The van der Waals surface area contributed by atoms with Crippen LogP contribution < -0.4 is 4.72 Å².